The topological polar surface area (TPSA) is 53.5 Å². The van der Waals surface area contributed by atoms with E-state index in [1.54, 1.807) is 11.3 Å². The monoisotopic (exact) mass is 483 g/mol. The highest BCUT2D eigenvalue weighted by Crippen LogP contribution is 2.34. The fourth-order valence-corrected chi connectivity index (χ4v) is 6.75. The zero-order valence-corrected chi connectivity index (χ0v) is 20.5. The molecule has 2 aliphatic rings. The van der Waals surface area contributed by atoms with Crippen molar-refractivity contribution in [2.24, 2.45) is 5.92 Å². The van der Waals surface area contributed by atoms with E-state index in [2.05, 4.69) is 18.2 Å². The van der Waals surface area contributed by atoms with Crippen LogP contribution in [0.1, 0.15) is 47.0 Å². The second kappa shape index (κ2) is 9.42. The first kappa shape index (κ1) is 22.2. The fraction of sp³-hybridized carbons (Fsp3) is 0.345. The lowest BCUT2D eigenvalue weighted by Gasteiger charge is -2.37. The maximum atomic E-state index is 13.4. The van der Waals surface area contributed by atoms with E-state index in [0.29, 0.717) is 19.0 Å². The Morgan fingerprint density at radius 2 is 1.60 bits per heavy atom. The molecule has 178 valence electrons. The number of benzene rings is 3. The second-order valence-electron chi connectivity index (χ2n) is 9.74. The predicted octanol–water partition coefficient (Wildman–Crippen LogP) is 5.71. The van der Waals surface area contributed by atoms with Crippen molar-refractivity contribution in [1.82, 2.24) is 14.8 Å². The van der Waals surface area contributed by atoms with Crippen LogP contribution in [0.25, 0.3) is 21.0 Å². The summed E-state index contributed by atoms with van der Waals surface area (Å²) in [6, 6.07) is 22.2. The summed E-state index contributed by atoms with van der Waals surface area (Å²) in [5, 5.41) is 3.24. The summed E-state index contributed by atoms with van der Waals surface area (Å²) in [6.07, 6.45) is 3.64. The molecule has 2 aliphatic heterocycles. The normalized spacial score (nSPS) is 19.4. The molecule has 0 spiro atoms. The van der Waals surface area contributed by atoms with Crippen LogP contribution in [0.2, 0.25) is 0 Å². The molecule has 2 fully saturated rings. The molecular weight excluding hydrogens is 454 g/mol. The largest absolute Gasteiger partial charge is 0.342 e. The van der Waals surface area contributed by atoms with E-state index in [0.717, 1.165) is 60.6 Å². The first-order valence-electron chi connectivity index (χ1n) is 12.6. The van der Waals surface area contributed by atoms with E-state index < -0.39 is 0 Å². The Kier molecular flexibility index (Phi) is 5.98. The van der Waals surface area contributed by atoms with Crippen LogP contribution in [0.3, 0.4) is 0 Å². The third-order valence-electron chi connectivity index (χ3n) is 7.54. The minimum Gasteiger partial charge on any atom is -0.342 e. The van der Waals surface area contributed by atoms with Gasteiger partial charge in [-0.05, 0) is 54.7 Å². The third-order valence-corrected chi connectivity index (χ3v) is 8.74. The van der Waals surface area contributed by atoms with E-state index in [-0.39, 0.29) is 17.7 Å². The molecule has 35 heavy (non-hydrogen) atoms. The van der Waals surface area contributed by atoms with Gasteiger partial charge in [-0.3, -0.25) is 9.59 Å². The van der Waals surface area contributed by atoms with Crippen molar-refractivity contribution in [3.8, 4) is 0 Å². The van der Waals surface area contributed by atoms with Gasteiger partial charge in [0.05, 0.1) is 21.1 Å². The first-order valence-corrected chi connectivity index (χ1v) is 13.4. The van der Waals surface area contributed by atoms with Gasteiger partial charge in [-0.25, -0.2) is 4.98 Å². The second-order valence-corrected chi connectivity index (χ2v) is 10.8. The number of para-hydroxylation sites is 1. The van der Waals surface area contributed by atoms with Gasteiger partial charge in [0.1, 0.15) is 0 Å². The summed E-state index contributed by atoms with van der Waals surface area (Å²) < 4.78 is 1.24. The van der Waals surface area contributed by atoms with Crippen LogP contribution in [-0.2, 0) is 4.79 Å². The molecule has 1 unspecified atom stereocenters. The number of fused-ring (bicyclic) bond motifs is 2. The van der Waals surface area contributed by atoms with Crippen molar-refractivity contribution < 1.29 is 9.59 Å². The molecule has 3 aromatic carbocycles. The van der Waals surface area contributed by atoms with Gasteiger partial charge in [-0.15, -0.1) is 11.3 Å². The molecule has 1 atom stereocenters. The molecule has 0 N–H and O–H groups in total. The number of likely N-dealkylation sites (tertiary alicyclic amines) is 2. The Morgan fingerprint density at radius 3 is 2.46 bits per heavy atom. The standard InChI is InChI=1S/C29H29N3O2S/c33-28(31-17-14-21(15-18-31)27-30-25-12-3-4-13-26(25)35-27)22-9-6-16-32(19-22)29(34)24-11-5-8-20-7-1-2-10-23(20)24/h1-5,7-8,10-13,21-22H,6,9,14-19H2. The Bertz CT molecular complexity index is 1350. The molecule has 1 aromatic heterocycles. The van der Waals surface area contributed by atoms with Crippen LogP contribution in [0.4, 0.5) is 0 Å². The smallest absolute Gasteiger partial charge is 0.254 e. The number of amides is 2. The van der Waals surface area contributed by atoms with Crippen molar-refractivity contribution in [3.05, 3.63) is 77.3 Å². The summed E-state index contributed by atoms with van der Waals surface area (Å²) in [4.78, 5) is 35.6. The number of carbonyl (C=O) groups is 2. The molecule has 5 nitrogen and oxygen atoms in total. The number of rotatable bonds is 3. The van der Waals surface area contributed by atoms with Crippen LogP contribution in [0.5, 0.6) is 0 Å². The number of hydrogen-bond acceptors (Lipinski definition) is 4. The maximum Gasteiger partial charge on any atom is 0.254 e. The predicted molar refractivity (Wildman–Crippen MR) is 141 cm³/mol. The van der Waals surface area contributed by atoms with Crippen molar-refractivity contribution in [3.63, 3.8) is 0 Å². The molecule has 0 bridgehead atoms. The molecule has 0 saturated carbocycles. The van der Waals surface area contributed by atoms with Gasteiger partial charge in [0.2, 0.25) is 5.91 Å². The van der Waals surface area contributed by atoms with Gasteiger partial charge in [-0.1, -0.05) is 48.5 Å². The number of thiazole rings is 1. The first-order chi connectivity index (χ1) is 17.2. The van der Waals surface area contributed by atoms with Crippen LogP contribution in [0.15, 0.2) is 66.7 Å². The van der Waals surface area contributed by atoms with Crippen LogP contribution >= 0.6 is 11.3 Å². The summed E-state index contributed by atoms with van der Waals surface area (Å²) in [5.41, 5.74) is 1.80. The van der Waals surface area contributed by atoms with Crippen molar-refractivity contribution in [2.45, 2.75) is 31.6 Å². The molecule has 0 radical (unpaired) electrons. The highest BCUT2D eigenvalue weighted by Gasteiger charge is 2.34. The van der Waals surface area contributed by atoms with Gasteiger partial charge in [-0.2, -0.15) is 0 Å². The van der Waals surface area contributed by atoms with Crippen molar-refractivity contribution in [2.75, 3.05) is 26.2 Å². The third kappa shape index (κ3) is 4.31. The van der Waals surface area contributed by atoms with Gasteiger partial charge in [0, 0.05) is 37.7 Å². The van der Waals surface area contributed by atoms with Crippen molar-refractivity contribution >= 4 is 44.1 Å². The van der Waals surface area contributed by atoms with E-state index >= 15 is 0 Å². The molecule has 2 saturated heterocycles. The highest BCUT2D eigenvalue weighted by molar-refractivity contribution is 7.18. The molecule has 4 aromatic rings. The Labute approximate surface area is 209 Å². The Balaban J connectivity index is 1.11. The minimum absolute atomic E-state index is 0.0360. The molecule has 0 aliphatic carbocycles. The number of carbonyl (C=O) groups excluding carboxylic acids is 2. The van der Waals surface area contributed by atoms with Crippen LogP contribution in [-0.4, -0.2) is 52.8 Å². The minimum atomic E-state index is -0.110. The molecule has 6 heteroatoms. The summed E-state index contributed by atoms with van der Waals surface area (Å²) in [7, 11) is 0. The molecule has 3 heterocycles. The lowest BCUT2D eigenvalue weighted by atomic mass is 9.92. The van der Waals surface area contributed by atoms with E-state index in [1.807, 2.05) is 58.3 Å². The SMILES string of the molecule is O=C(c1cccc2ccccc12)N1CCCC(C(=O)N2CCC(c3nc4ccccc4s3)CC2)C1. The van der Waals surface area contributed by atoms with E-state index in [9.17, 15) is 9.59 Å². The quantitative estimate of drug-likeness (QED) is 0.375. The molecular formula is C29H29N3O2S. The number of piperidine rings is 2. The number of aromatic nitrogens is 1. The van der Waals surface area contributed by atoms with Crippen molar-refractivity contribution in [1.29, 1.82) is 0 Å². The van der Waals surface area contributed by atoms with Gasteiger partial charge in [0.25, 0.3) is 5.91 Å². The number of nitrogens with zero attached hydrogens (tertiary/aromatic N) is 3. The number of hydrogen-bond donors (Lipinski definition) is 0. The molecule has 6 rings (SSSR count). The zero-order chi connectivity index (χ0) is 23.8. The lowest BCUT2D eigenvalue weighted by molar-refractivity contribution is -0.138. The zero-order valence-electron chi connectivity index (χ0n) is 19.7. The average molecular weight is 484 g/mol. The van der Waals surface area contributed by atoms with E-state index in [1.165, 1.54) is 9.71 Å². The Morgan fingerprint density at radius 1 is 0.829 bits per heavy atom. The summed E-state index contributed by atoms with van der Waals surface area (Å²) >= 11 is 1.78. The average Bonchev–Trinajstić information content (AvgIpc) is 3.36. The summed E-state index contributed by atoms with van der Waals surface area (Å²) in [6.45, 7) is 2.77. The maximum absolute atomic E-state index is 13.4. The van der Waals surface area contributed by atoms with Gasteiger partial charge in [0.15, 0.2) is 0 Å². The van der Waals surface area contributed by atoms with Gasteiger partial charge >= 0.3 is 0 Å². The van der Waals surface area contributed by atoms with Gasteiger partial charge < -0.3 is 9.80 Å². The van der Waals surface area contributed by atoms with Crippen LogP contribution < -0.4 is 0 Å². The van der Waals surface area contributed by atoms with E-state index in [4.69, 9.17) is 4.98 Å². The fourth-order valence-electron chi connectivity index (χ4n) is 5.62. The summed E-state index contributed by atoms with van der Waals surface area (Å²) in [5.74, 6) is 0.561. The van der Waals surface area contributed by atoms with Crippen LogP contribution in [0, 0.1) is 5.92 Å². The highest BCUT2D eigenvalue weighted by atomic mass is 32.1. The molecule has 2 amide bonds. The lowest BCUT2D eigenvalue weighted by Crippen LogP contribution is -2.48. The Hall–Kier alpha value is -3.25.